The van der Waals surface area contributed by atoms with Crippen molar-refractivity contribution in [2.75, 3.05) is 11.9 Å². The average molecular weight is 420 g/mol. The molecule has 0 aliphatic carbocycles. The number of anilines is 1. The summed E-state index contributed by atoms with van der Waals surface area (Å²) in [5.41, 5.74) is 0.645. The van der Waals surface area contributed by atoms with E-state index in [9.17, 15) is 14.4 Å². The maximum atomic E-state index is 12.0. The molecule has 0 spiro atoms. The third-order valence-corrected chi connectivity index (χ3v) is 4.35. The lowest BCUT2D eigenvalue weighted by molar-refractivity contribution is -0.147. The number of fused-ring (bicyclic) bond motifs is 1. The quantitative estimate of drug-likeness (QED) is 0.596. The Labute approximate surface area is 169 Å². The first-order chi connectivity index (χ1) is 13.4. The number of amides is 1. The van der Waals surface area contributed by atoms with Crippen LogP contribution in [0.2, 0.25) is 10.0 Å². The fourth-order valence-electron chi connectivity index (χ4n) is 2.47. The van der Waals surface area contributed by atoms with E-state index in [1.54, 1.807) is 36.4 Å². The number of aryl methyl sites for hydroxylation is 1. The Morgan fingerprint density at radius 3 is 2.71 bits per heavy atom. The molecule has 0 saturated carbocycles. The zero-order valence-electron chi connectivity index (χ0n) is 14.5. The number of rotatable bonds is 6. The van der Waals surface area contributed by atoms with Crippen molar-refractivity contribution in [2.24, 2.45) is 0 Å². The molecule has 3 aromatic rings. The molecule has 0 aliphatic heterocycles. The van der Waals surface area contributed by atoms with Crippen LogP contribution < -0.4 is 10.9 Å². The summed E-state index contributed by atoms with van der Waals surface area (Å²) in [4.78, 5) is 42.7. The number of nitrogens with zero attached hydrogens (tertiary/aromatic N) is 1. The number of hydrogen-bond acceptors (Lipinski definition) is 5. The second-order valence-electron chi connectivity index (χ2n) is 5.86. The highest BCUT2D eigenvalue weighted by atomic mass is 35.5. The monoisotopic (exact) mass is 419 g/mol. The van der Waals surface area contributed by atoms with Crippen molar-refractivity contribution in [1.82, 2.24) is 9.97 Å². The van der Waals surface area contributed by atoms with Crippen LogP contribution in [0.4, 0.5) is 5.69 Å². The van der Waals surface area contributed by atoms with Gasteiger partial charge in [-0.1, -0.05) is 35.3 Å². The van der Waals surface area contributed by atoms with Crippen LogP contribution in [0.5, 0.6) is 0 Å². The predicted molar refractivity (Wildman–Crippen MR) is 107 cm³/mol. The van der Waals surface area contributed by atoms with Crippen molar-refractivity contribution in [3.8, 4) is 0 Å². The minimum absolute atomic E-state index is 0.0315. The molecule has 2 N–H and O–H groups in total. The van der Waals surface area contributed by atoms with Crippen LogP contribution in [-0.2, 0) is 20.7 Å². The number of benzene rings is 2. The van der Waals surface area contributed by atoms with Crippen LogP contribution in [0, 0.1) is 0 Å². The molecule has 28 heavy (non-hydrogen) atoms. The average Bonchev–Trinajstić information content (AvgIpc) is 2.67. The Balaban J connectivity index is 1.50. The highest BCUT2D eigenvalue weighted by Crippen LogP contribution is 2.25. The molecule has 2 aromatic carbocycles. The molecule has 7 nitrogen and oxygen atoms in total. The van der Waals surface area contributed by atoms with Crippen LogP contribution in [0.15, 0.2) is 47.3 Å². The van der Waals surface area contributed by atoms with E-state index in [4.69, 9.17) is 27.9 Å². The van der Waals surface area contributed by atoms with E-state index < -0.39 is 18.5 Å². The zero-order chi connectivity index (χ0) is 20.1. The number of carbonyl (C=O) groups is 2. The number of halogens is 2. The standard InChI is InChI=1S/C19H15Cl2N3O4/c20-11-5-6-15(13(21)9-11)23-17(25)10-28-18(26)8-7-16-22-14-4-2-1-3-12(14)19(27)24-16/h1-6,9H,7-8,10H2,(H,23,25)(H,22,24,27). The molecular weight excluding hydrogens is 405 g/mol. The molecule has 144 valence electrons. The first-order valence-electron chi connectivity index (χ1n) is 8.31. The molecule has 0 aliphatic rings. The second-order valence-corrected chi connectivity index (χ2v) is 6.71. The van der Waals surface area contributed by atoms with Gasteiger partial charge >= 0.3 is 5.97 Å². The van der Waals surface area contributed by atoms with Crippen LogP contribution in [0.25, 0.3) is 10.9 Å². The highest BCUT2D eigenvalue weighted by Gasteiger charge is 2.11. The maximum absolute atomic E-state index is 12.0. The Kier molecular flexibility index (Phi) is 6.28. The Bertz CT molecular complexity index is 1100. The van der Waals surface area contributed by atoms with Gasteiger partial charge in [-0.3, -0.25) is 14.4 Å². The van der Waals surface area contributed by atoms with Crippen LogP contribution in [0.3, 0.4) is 0 Å². The van der Waals surface area contributed by atoms with Gasteiger partial charge in [0.1, 0.15) is 5.82 Å². The summed E-state index contributed by atoms with van der Waals surface area (Å²) in [6.45, 7) is -0.459. The number of aromatic amines is 1. The van der Waals surface area contributed by atoms with Crippen LogP contribution >= 0.6 is 23.2 Å². The van der Waals surface area contributed by atoms with E-state index >= 15 is 0 Å². The number of H-pyrrole nitrogens is 1. The number of esters is 1. The topological polar surface area (TPSA) is 101 Å². The third-order valence-electron chi connectivity index (χ3n) is 3.80. The number of carbonyl (C=O) groups excluding carboxylic acids is 2. The first kappa shape index (κ1) is 19.9. The van der Waals surface area contributed by atoms with Gasteiger partial charge in [-0.2, -0.15) is 0 Å². The number of para-hydroxylation sites is 1. The lowest BCUT2D eigenvalue weighted by Gasteiger charge is -2.08. The fourth-order valence-corrected chi connectivity index (χ4v) is 2.92. The maximum Gasteiger partial charge on any atom is 0.306 e. The summed E-state index contributed by atoms with van der Waals surface area (Å²) in [6.07, 6.45) is 0.153. The molecule has 1 aromatic heterocycles. The number of aromatic nitrogens is 2. The third kappa shape index (κ3) is 5.09. The van der Waals surface area contributed by atoms with Gasteiger partial charge in [-0.25, -0.2) is 4.98 Å². The summed E-state index contributed by atoms with van der Waals surface area (Å²) in [7, 11) is 0. The Morgan fingerprint density at radius 1 is 1.14 bits per heavy atom. The van der Waals surface area contributed by atoms with E-state index in [-0.39, 0.29) is 23.4 Å². The van der Waals surface area contributed by atoms with Gasteiger partial charge in [-0.05, 0) is 30.3 Å². The molecule has 0 unspecified atom stereocenters. The molecular formula is C19H15Cl2N3O4. The molecule has 9 heteroatoms. The lowest BCUT2D eigenvalue weighted by atomic mass is 10.2. The lowest BCUT2D eigenvalue weighted by Crippen LogP contribution is -2.21. The molecule has 1 amide bonds. The highest BCUT2D eigenvalue weighted by molar-refractivity contribution is 6.36. The van der Waals surface area contributed by atoms with Gasteiger partial charge in [0.2, 0.25) is 0 Å². The molecule has 0 atom stereocenters. The van der Waals surface area contributed by atoms with E-state index in [0.29, 0.717) is 27.4 Å². The largest absolute Gasteiger partial charge is 0.456 e. The zero-order valence-corrected chi connectivity index (χ0v) is 16.0. The van der Waals surface area contributed by atoms with Crippen molar-refractivity contribution < 1.29 is 14.3 Å². The van der Waals surface area contributed by atoms with Gasteiger partial charge in [0, 0.05) is 11.4 Å². The van der Waals surface area contributed by atoms with Gasteiger partial charge < -0.3 is 15.0 Å². The summed E-state index contributed by atoms with van der Waals surface area (Å²) in [5.74, 6) is -0.749. The summed E-state index contributed by atoms with van der Waals surface area (Å²) < 4.78 is 4.94. The van der Waals surface area contributed by atoms with E-state index in [0.717, 1.165) is 0 Å². The number of nitrogens with one attached hydrogen (secondary N) is 2. The van der Waals surface area contributed by atoms with Gasteiger partial charge in [0.25, 0.3) is 11.5 Å². The predicted octanol–water partition coefficient (Wildman–Crippen LogP) is 3.34. The summed E-state index contributed by atoms with van der Waals surface area (Å²) >= 11 is 11.8. The first-order valence-corrected chi connectivity index (χ1v) is 9.06. The number of hydrogen-bond donors (Lipinski definition) is 2. The normalized spacial score (nSPS) is 10.6. The molecule has 1 heterocycles. The van der Waals surface area contributed by atoms with Crippen LogP contribution in [0.1, 0.15) is 12.2 Å². The summed E-state index contributed by atoms with van der Waals surface area (Å²) in [5, 5.41) is 3.72. The second kappa shape index (κ2) is 8.86. The SMILES string of the molecule is O=C(COC(=O)CCc1nc2ccccc2c(=O)[nH]1)Nc1ccc(Cl)cc1Cl. The van der Waals surface area contributed by atoms with Gasteiger partial charge in [-0.15, -0.1) is 0 Å². The Hall–Kier alpha value is -2.90. The van der Waals surface area contributed by atoms with Crippen molar-refractivity contribution >= 4 is 51.7 Å². The molecule has 0 saturated heterocycles. The minimum atomic E-state index is -0.590. The van der Waals surface area contributed by atoms with Gasteiger partial charge in [0.15, 0.2) is 6.61 Å². The van der Waals surface area contributed by atoms with Crippen molar-refractivity contribution in [3.63, 3.8) is 0 Å². The summed E-state index contributed by atoms with van der Waals surface area (Å²) in [6, 6.07) is 11.5. The van der Waals surface area contributed by atoms with Crippen molar-refractivity contribution in [1.29, 1.82) is 0 Å². The van der Waals surface area contributed by atoms with E-state index in [1.807, 2.05) is 0 Å². The smallest absolute Gasteiger partial charge is 0.306 e. The molecule has 0 radical (unpaired) electrons. The van der Waals surface area contributed by atoms with Crippen LogP contribution in [-0.4, -0.2) is 28.5 Å². The van der Waals surface area contributed by atoms with Crippen molar-refractivity contribution in [3.05, 3.63) is 68.7 Å². The number of ether oxygens (including phenoxy) is 1. The minimum Gasteiger partial charge on any atom is -0.456 e. The van der Waals surface area contributed by atoms with Crippen molar-refractivity contribution in [2.45, 2.75) is 12.8 Å². The molecule has 0 fully saturated rings. The Morgan fingerprint density at radius 2 is 1.93 bits per heavy atom. The molecule has 0 bridgehead atoms. The van der Waals surface area contributed by atoms with E-state index in [1.165, 1.54) is 6.07 Å². The molecule has 3 rings (SSSR count). The van der Waals surface area contributed by atoms with E-state index in [2.05, 4.69) is 15.3 Å². The van der Waals surface area contributed by atoms with Gasteiger partial charge in [0.05, 0.1) is 28.0 Å². The fraction of sp³-hybridized carbons (Fsp3) is 0.158.